The Balaban J connectivity index is 2.01. The standard InChI is InChI=1S/C33H52Br2N6O8Si/c1-29(2,3)47-27(43)41-24(36)39-23(22-19-37-25(38-22)40-26(42)45-20-21-15-13-12-14-16-21)33(41,49-28(44)48-30(4,5)6)32(34,35)17-18-46-50(10,11)31(7,8)9/h12-16,22-23H,17-20H2,1-11H3,(H2,36,39)(H2,37,38,40,42)/t22-,23-,33-/m0/s1. The van der Waals surface area contributed by atoms with Crippen molar-refractivity contribution in [2.24, 2.45) is 15.7 Å². The number of alkyl carbamates (subject to hydrolysis) is 1. The van der Waals surface area contributed by atoms with E-state index in [4.69, 9.17) is 29.1 Å². The highest BCUT2D eigenvalue weighted by atomic mass is 79.9. The number of hydrogen-bond donors (Lipinski definition) is 3. The fourth-order valence-electron chi connectivity index (χ4n) is 4.84. The smallest absolute Gasteiger partial charge is 0.444 e. The van der Waals surface area contributed by atoms with Gasteiger partial charge in [0.05, 0.1) is 12.6 Å². The summed E-state index contributed by atoms with van der Waals surface area (Å²) in [5, 5.41) is 5.66. The van der Waals surface area contributed by atoms with Gasteiger partial charge in [-0.15, -0.1) is 0 Å². The maximum Gasteiger partial charge on any atom is 0.511 e. The summed E-state index contributed by atoms with van der Waals surface area (Å²) in [6.07, 6.45) is -2.58. The largest absolute Gasteiger partial charge is 0.511 e. The summed E-state index contributed by atoms with van der Waals surface area (Å²) in [5.74, 6) is -0.174. The molecule has 3 atom stereocenters. The summed E-state index contributed by atoms with van der Waals surface area (Å²) < 4.78 is 28.1. The summed E-state index contributed by atoms with van der Waals surface area (Å²) >= 11 is 7.56. The summed E-state index contributed by atoms with van der Waals surface area (Å²) in [4.78, 5) is 50.5. The van der Waals surface area contributed by atoms with E-state index in [-0.39, 0.29) is 43.1 Å². The fourth-order valence-corrected chi connectivity index (χ4v) is 7.20. The van der Waals surface area contributed by atoms with E-state index in [1.807, 2.05) is 30.3 Å². The number of carbonyl (C=O) groups excluding carboxylic acids is 3. The number of nitrogens with two attached hydrogens (primary N) is 1. The van der Waals surface area contributed by atoms with Crippen molar-refractivity contribution >= 4 is 70.4 Å². The Hall–Kier alpha value is -2.89. The van der Waals surface area contributed by atoms with Crippen LogP contribution in [0.4, 0.5) is 14.4 Å². The van der Waals surface area contributed by atoms with Crippen LogP contribution in [0.2, 0.25) is 18.1 Å². The number of amides is 2. The summed E-state index contributed by atoms with van der Waals surface area (Å²) in [6, 6.07) is 7.34. The van der Waals surface area contributed by atoms with Crippen LogP contribution in [-0.2, 0) is 30.0 Å². The molecular weight excluding hydrogens is 796 g/mol. The molecule has 0 saturated carbocycles. The third-order valence-corrected chi connectivity index (χ3v) is 14.7. The van der Waals surface area contributed by atoms with Crippen molar-refractivity contribution in [1.29, 1.82) is 0 Å². The molecule has 50 heavy (non-hydrogen) atoms. The molecule has 2 aliphatic heterocycles. The number of aliphatic imine (C=N–C) groups is 2. The molecule has 0 spiro atoms. The molecule has 0 unspecified atom stereocenters. The lowest BCUT2D eigenvalue weighted by molar-refractivity contribution is -0.129. The van der Waals surface area contributed by atoms with Crippen LogP contribution >= 0.6 is 31.9 Å². The normalized spacial score (nSPS) is 21.5. The molecule has 2 aliphatic rings. The van der Waals surface area contributed by atoms with Crippen molar-refractivity contribution in [2.45, 2.75) is 126 Å². The van der Waals surface area contributed by atoms with Gasteiger partial charge in [0.1, 0.15) is 27.1 Å². The van der Waals surface area contributed by atoms with Crippen LogP contribution in [0.15, 0.2) is 40.3 Å². The zero-order valence-corrected chi connectivity index (χ0v) is 35.0. The van der Waals surface area contributed by atoms with E-state index in [0.29, 0.717) is 0 Å². The molecule has 280 valence electrons. The molecule has 0 fully saturated rings. The monoisotopic (exact) mass is 846 g/mol. The molecule has 2 amide bonds. The SMILES string of the molecule is CC(C)(C)OC(=O)O[C@]1(C(Br)(Br)CCO[Si](C)(C)C(C)(C)C)[C@H]([C@@H]2CN=C(NC(=O)OCc3ccccc3)N2)N=C(N)N1C(=O)OC(C)(C)C. The van der Waals surface area contributed by atoms with E-state index in [0.717, 1.165) is 10.5 Å². The zero-order chi connectivity index (χ0) is 37.9. The molecule has 1 aromatic rings. The number of guanidine groups is 2. The highest BCUT2D eigenvalue weighted by Crippen LogP contribution is 2.52. The topological polar surface area (TPSA) is 175 Å². The molecule has 4 N–H and O–H groups in total. The maximum absolute atomic E-state index is 14.0. The van der Waals surface area contributed by atoms with Gasteiger partial charge in [-0.3, -0.25) is 10.3 Å². The lowest BCUT2D eigenvalue weighted by atomic mass is 9.92. The van der Waals surface area contributed by atoms with E-state index in [1.165, 1.54) is 0 Å². The second-order valence-electron chi connectivity index (χ2n) is 15.7. The molecule has 0 radical (unpaired) electrons. The van der Waals surface area contributed by atoms with Crippen molar-refractivity contribution in [1.82, 2.24) is 15.5 Å². The second kappa shape index (κ2) is 15.4. The first-order chi connectivity index (χ1) is 22.8. The molecule has 3 rings (SSSR count). The van der Waals surface area contributed by atoms with E-state index < -0.39 is 58.9 Å². The number of nitrogens with one attached hydrogen (secondary N) is 2. The van der Waals surface area contributed by atoms with Crippen molar-refractivity contribution in [3.8, 4) is 0 Å². The number of alkyl halides is 2. The van der Waals surface area contributed by atoms with E-state index >= 15 is 0 Å². The third kappa shape index (κ3) is 10.3. The minimum absolute atomic E-state index is 0.0495. The average Bonchev–Trinajstić information content (AvgIpc) is 3.51. The first kappa shape index (κ1) is 41.5. The van der Waals surface area contributed by atoms with Gasteiger partial charge in [0.15, 0.2) is 8.32 Å². The first-order valence-electron chi connectivity index (χ1n) is 16.4. The number of benzene rings is 1. The average molecular weight is 849 g/mol. The minimum Gasteiger partial charge on any atom is -0.444 e. The van der Waals surface area contributed by atoms with Crippen molar-refractivity contribution in [3.05, 3.63) is 35.9 Å². The molecule has 0 aromatic heterocycles. The van der Waals surface area contributed by atoms with Crippen molar-refractivity contribution < 1.29 is 37.8 Å². The molecule has 0 saturated heterocycles. The van der Waals surface area contributed by atoms with E-state index in [1.54, 1.807) is 41.5 Å². The summed E-state index contributed by atoms with van der Waals surface area (Å²) in [7, 11) is -2.23. The minimum atomic E-state index is -2.23. The second-order valence-corrected chi connectivity index (χ2v) is 24.3. The van der Waals surface area contributed by atoms with Gasteiger partial charge in [-0.05, 0) is 65.2 Å². The quantitative estimate of drug-likeness (QED) is 0.105. The number of nitrogens with zero attached hydrogens (tertiary/aromatic N) is 3. The third-order valence-electron chi connectivity index (χ3n) is 8.23. The number of halogens is 2. The Labute approximate surface area is 313 Å². The van der Waals surface area contributed by atoms with Crippen molar-refractivity contribution in [3.63, 3.8) is 0 Å². The number of rotatable bonds is 9. The Morgan fingerprint density at radius 2 is 1.62 bits per heavy atom. The summed E-state index contributed by atoms with van der Waals surface area (Å²) in [6.45, 7) is 21.1. The van der Waals surface area contributed by atoms with Crippen LogP contribution in [0.25, 0.3) is 0 Å². The molecule has 2 heterocycles. The Morgan fingerprint density at radius 1 is 1.02 bits per heavy atom. The molecule has 0 aliphatic carbocycles. The fraction of sp³-hybridized carbons (Fsp3) is 0.667. The molecular formula is C33H52Br2N6O8Si. The Bertz CT molecular complexity index is 1460. The van der Waals surface area contributed by atoms with E-state index in [9.17, 15) is 14.4 Å². The van der Waals surface area contributed by atoms with Crippen LogP contribution in [0.1, 0.15) is 74.3 Å². The predicted octanol–water partition coefficient (Wildman–Crippen LogP) is 6.72. The van der Waals surface area contributed by atoms with Gasteiger partial charge < -0.3 is 34.4 Å². The maximum atomic E-state index is 14.0. The summed E-state index contributed by atoms with van der Waals surface area (Å²) in [5.41, 5.74) is 3.37. The van der Waals surface area contributed by atoms with Gasteiger partial charge in [-0.1, -0.05) is 83.0 Å². The lowest BCUT2D eigenvalue weighted by Gasteiger charge is -2.48. The van der Waals surface area contributed by atoms with E-state index in [2.05, 4.69) is 86.3 Å². The number of hydrogen-bond acceptors (Lipinski definition) is 12. The Kier molecular flexibility index (Phi) is 12.8. The molecule has 17 heteroatoms. The van der Waals surface area contributed by atoms with Gasteiger partial charge in [0, 0.05) is 13.0 Å². The number of carbonyl (C=O) groups is 3. The van der Waals surface area contributed by atoms with Crippen LogP contribution in [0, 0.1) is 0 Å². The molecule has 14 nitrogen and oxygen atoms in total. The van der Waals surface area contributed by atoms with Crippen molar-refractivity contribution in [2.75, 3.05) is 13.2 Å². The van der Waals surface area contributed by atoms with Gasteiger partial charge >= 0.3 is 18.3 Å². The van der Waals surface area contributed by atoms with Crippen LogP contribution in [0.5, 0.6) is 0 Å². The van der Waals surface area contributed by atoms with Gasteiger partial charge in [0.25, 0.3) is 5.72 Å². The van der Waals surface area contributed by atoms with Crippen LogP contribution in [0.3, 0.4) is 0 Å². The number of ether oxygens (including phenoxy) is 4. The van der Waals surface area contributed by atoms with Gasteiger partial charge in [-0.2, -0.15) is 0 Å². The van der Waals surface area contributed by atoms with Gasteiger partial charge in [-0.25, -0.2) is 24.3 Å². The highest BCUT2D eigenvalue weighted by Gasteiger charge is 2.70. The Morgan fingerprint density at radius 3 is 2.18 bits per heavy atom. The lowest BCUT2D eigenvalue weighted by Crippen LogP contribution is -2.71. The predicted molar refractivity (Wildman–Crippen MR) is 201 cm³/mol. The van der Waals surface area contributed by atoms with Crippen LogP contribution < -0.4 is 16.4 Å². The van der Waals surface area contributed by atoms with Crippen LogP contribution in [-0.4, -0.2) is 88.9 Å². The zero-order valence-electron chi connectivity index (χ0n) is 30.8. The van der Waals surface area contributed by atoms with Gasteiger partial charge in [0.2, 0.25) is 11.9 Å². The molecule has 1 aromatic carbocycles. The highest BCUT2D eigenvalue weighted by molar-refractivity contribution is 9.25. The first-order valence-corrected chi connectivity index (χ1v) is 20.9. The molecule has 0 bridgehead atoms.